The zero-order chi connectivity index (χ0) is 21.8. The molecular formula is C25H24BrNO4. The molecule has 160 valence electrons. The molecule has 0 N–H and O–H groups in total. The molecule has 0 saturated carbocycles. The number of aryl methyl sites for hydroxylation is 1. The molecule has 3 aromatic rings. The van der Waals surface area contributed by atoms with Gasteiger partial charge in [-0.25, -0.2) is 4.79 Å². The van der Waals surface area contributed by atoms with Crippen molar-refractivity contribution in [2.75, 3.05) is 19.1 Å². The van der Waals surface area contributed by atoms with Crippen molar-refractivity contribution in [3.8, 4) is 11.5 Å². The molecule has 1 atom stereocenters. The Hall–Kier alpha value is -2.99. The summed E-state index contributed by atoms with van der Waals surface area (Å²) in [6.45, 7) is 0.217. The maximum absolute atomic E-state index is 13.4. The van der Waals surface area contributed by atoms with Crippen LogP contribution >= 0.6 is 15.9 Å². The number of hydrogen-bond donors (Lipinski definition) is 0. The second kappa shape index (κ2) is 9.43. The number of halogens is 1. The largest absolute Gasteiger partial charge is 0.497 e. The smallest absolute Gasteiger partial charge is 0.415 e. The van der Waals surface area contributed by atoms with E-state index in [2.05, 4.69) is 15.9 Å². The van der Waals surface area contributed by atoms with Crippen molar-refractivity contribution in [2.24, 2.45) is 0 Å². The molecule has 1 aliphatic rings. The fourth-order valence-corrected chi connectivity index (χ4v) is 4.46. The van der Waals surface area contributed by atoms with Gasteiger partial charge < -0.3 is 14.2 Å². The number of anilines is 1. The van der Waals surface area contributed by atoms with Crippen LogP contribution in [0, 0.1) is 0 Å². The number of hydrogen-bond acceptors (Lipinski definition) is 4. The van der Waals surface area contributed by atoms with Crippen LogP contribution in [0.4, 0.5) is 10.5 Å². The van der Waals surface area contributed by atoms with E-state index in [4.69, 9.17) is 14.2 Å². The number of amides is 1. The first kappa shape index (κ1) is 21.2. The van der Waals surface area contributed by atoms with Crippen molar-refractivity contribution in [3.05, 3.63) is 87.9 Å². The van der Waals surface area contributed by atoms with Crippen LogP contribution in [0.3, 0.4) is 0 Å². The van der Waals surface area contributed by atoms with Gasteiger partial charge in [0.1, 0.15) is 18.1 Å². The van der Waals surface area contributed by atoms with Crippen molar-refractivity contribution < 1.29 is 19.0 Å². The Kier molecular flexibility index (Phi) is 6.47. The van der Waals surface area contributed by atoms with Crippen molar-refractivity contribution in [2.45, 2.75) is 25.5 Å². The summed E-state index contributed by atoms with van der Waals surface area (Å²) < 4.78 is 17.4. The third kappa shape index (κ3) is 4.54. The molecule has 1 amide bonds. The van der Waals surface area contributed by atoms with E-state index in [0.29, 0.717) is 5.75 Å². The number of methoxy groups -OCH3 is 2. The number of carbonyl (C=O) groups is 1. The Balaban J connectivity index is 1.69. The normalized spacial score (nSPS) is 15.2. The topological polar surface area (TPSA) is 48.0 Å². The van der Waals surface area contributed by atoms with Gasteiger partial charge in [-0.2, -0.15) is 0 Å². The summed E-state index contributed by atoms with van der Waals surface area (Å²) in [6, 6.07) is 21.3. The van der Waals surface area contributed by atoms with Gasteiger partial charge in [0.25, 0.3) is 0 Å². The summed E-state index contributed by atoms with van der Waals surface area (Å²) in [5.41, 5.74) is 3.87. The molecule has 0 aromatic heterocycles. The highest BCUT2D eigenvalue weighted by Gasteiger charge is 2.34. The molecule has 1 heterocycles. The third-order valence-corrected chi connectivity index (χ3v) is 6.13. The molecule has 0 aliphatic carbocycles. The summed E-state index contributed by atoms with van der Waals surface area (Å²) in [5.74, 6) is 1.46. The summed E-state index contributed by atoms with van der Waals surface area (Å²) in [4.78, 5) is 15.1. The van der Waals surface area contributed by atoms with Crippen LogP contribution in [0.25, 0.3) is 0 Å². The summed E-state index contributed by atoms with van der Waals surface area (Å²) in [5, 5.41) is 0. The number of nitrogens with zero attached hydrogens (tertiary/aromatic N) is 1. The highest BCUT2D eigenvalue weighted by atomic mass is 79.9. The van der Waals surface area contributed by atoms with Crippen LogP contribution in [0.15, 0.2) is 71.2 Å². The fraction of sp³-hybridized carbons (Fsp3) is 0.240. The predicted molar refractivity (Wildman–Crippen MR) is 124 cm³/mol. The van der Waals surface area contributed by atoms with Crippen LogP contribution < -0.4 is 14.4 Å². The van der Waals surface area contributed by atoms with E-state index in [1.807, 2.05) is 66.7 Å². The van der Waals surface area contributed by atoms with Gasteiger partial charge in [0.05, 0.1) is 30.4 Å². The van der Waals surface area contributed by atoms with E-state index in [0.717, 1.165) is 45.4 Å². The van der Waals surface area contributed by atoms with E-state index in [9.17, 15) is 4.79 Å². The first-order valence-electron chi connectivity index (χ1n) is 10.1. The molecule has 6 heteroatoms. The van der Waals surface area contributed by atoms with Gasteiger partial charge in [0.15, 0.2) is 0 Å². The molecule has 3 aromatic carbocycles. The highest BCUT2D eigenvalue weighted by molar-refractivity contribution is 9.10. The molecule has 0 spiro atoms. The average molecular weight is 482 g/mol. The van der Waals surface area contributed by atoms with Gasteiger partial charge in [-0.15, -0.1) is 0 Å². The molecule has 5 nitrogen and oxygen atoms in total. The lowest BCUT2D eigenvalue weighted by atomic mass is 9.91. The lowest BCUT2D eigenvalue weighted by Crippen LogP contribution is -2.38. The van der Waals surface area contributed by atoms with E-state index >= 15 is 0 Å². The van der Waals surface area contributed by atoms with Gasteiger partial charge in [-0.3, -0.25) is 4.90 Å². The summed E-state index contributed by atoms with van der Waals surface area (Å²) in [7, 11) is 3.26. The van der Waals surface area contributed by atoms with Gasteiger partial charge in [0.2, 0.25) is 0 Å². The minimum absolute atomic E-state index is 0.146. The maximum atomic E-state index is 13.4. The van der Waals surface area contributed by atoms with Crippen molar-refractivity contribution in [1.29, 1.82) is 0 Å². The highest BCUT2D eigenvalue weighted by Crippen LogP contribution is 2.43. The summed E-state index contributed by atoms with van der Waals surface area (Å²) in [6.07, 6.45) is 1.25. The molecule has 4 rings (SSSR count). The van der Waals surface area contributed by atoms with E-state index in [1.165, 1.54) is 0 Å². The first-order chi connectivity index (χ1) is 15.1. The number of benzene rings is 3. The van der Waals surface area contributed by atoms with Gasteiger partial charge in [-0.05, 0) is 63.7 Å². The van der Waals surface area contributed by atoms with Crippen LogP contribution in [-0.4, -0.2) is 20.3 Å². The number of fused-ring (bicyclic) bond motifs is 1. The Morgan fingerprint density at radius 2 is 1.77 bits per heavy atom. The van der Waals surface area contributed by atoms with Crippen LogP contribution in [-0.2, 0) is 17.8 Å². The van der Waals surface area contributed by atoms with Gasteiger partial charge >= 0.3 is 6.09 Å². The standard InChI is InChI=1S/C25H24BrNO4/c1-29-20-11-8-18(9-12-20)22-13-10-19-14-21(26)24(30-2)15-23(19)27(22)25(28)31-16-17-6-4-3-5-7-17/h3-9,11-12,14-15,22H,10,13,16H2,1-2H3. The molecule has 0 radical (unpaired) electrons. The second-order valence-corrected chi connectivity index (χ2v) is 8.21. The summed E-state index contributed by atoms with van der Waals surface area (Å²) >= 11 is 3.56. The van der Waals surface area contributed by atoms with E-state index < -0.39 is 0 Å². The Labute approximate surface area is 190 Å². The molecular weight excluding hydrogens is 458 g/mol. The van der Waals surface area contributed by atoms with E-state index in [1.54, 1.807) is 19.1 Å². The first-order valence-corrected chi connectivity index (χ1v) is 10.9. The third-order valence-electron chi connectivity index (χ3n) is 5.51. The quantitative estimate of drug-likeness (QED) is 0.429. The zero-order valence-corrected chi connectivity index (χ0v) is 19.1. The minimum atomic E-state index is -0.380. The minimum Gasteiger partial charge on any atom is -0.497 e. The molecule has 0 saturated heterocycles. The van der Waals surface area contributed by atoms with Crippen molar-refractivity contribution >= 4 is 27.7 Å². The van der Waals surface area contributed by atoms with E-state index in [-0.39, 0.29) is 18.7 Å². The van der Waals surface area contributed by atoms with Crippen LogP contribution in [0.5, 0.6) is 11.5 Å². The number of ether oxygens (including phenoxy) is 3. The van der Waals surface area contributed by atoms with Crippen molar-refractivity contribution in [1.82, 2.24) is 0 Å². The lowest BCUT2D eigenvalue weighted by Gasteiger charge is -2.37. The second-order valence-electron chi connectivity index (χ2n) is 7.35. The Bertz CT molecular complexity index is 1050. The molecule has 1 aliphatic heterocycles. The Morgan fingerprint density at radius 3 is 2.45 bits per heavy atom. The monoisotopic (exact) mass is 481 g/mol. The fourth-order valence-electron chi connectivity index (χ4n) is 3.91. The average Bonchev–Trinajstić information content (AvgIpc) is 2.82. The van der Waals surface area contributed by atoms with Crippen molar-refractivity contribution in [3.63, 3.8) is 0 Å². The number of rotatable bonds is 5. The van der Waals surface area contributed by atoms with Crippen LogP contribution in [0.2, 0.25) is 0 Å². The zero-order valence-electron chi connectivity index (χ0n) is 17.5. The molecule has 1 unspecified atom stereocenters. The van der Waals surface area contributed by atoms with Gasteiger partial charge in [-0.1, -0.05) is 42.5 Å². The SMILES string of the molecule is COc1ccc(C2CCc3cc(Br)c(OC)cc3N2C(=O)OCc2ccccc2)cc1. The Morgan fingerprint density at radius 1 is 1.03 bits per heavy atom. The molecule has 0 bridgehead atoms. The van der Waals surface area contributed by atoms with Crippen LogP contribution in [0.1, 0.15) is 29.2 Å². The lowest BCUT2D eigenvalue weighted by molar-refractivity contribution is 0.143. The van der Waals surface area contributed by atoms with Gasteiger partial charge in [0, 0.05) is 6.07 Å². The number of carbonyl (C=O) groups excluding carboxylic acids is 1. The molecule has 31 heavy (non-hydrogen) atoms. The molecule has 0 fully saturated rings. The predicted octanol–water partition coefficient (Wildman–Crippen LogP) is 6.30. The maximum Gasteiger partial charge on any atom is 0.415 e.